The van der Waals surface area contributed by atoms with E-state index < -0.39 is 0 Å². The number of hydrogen-bond donors (Lipinski definition) is 0. The average molecular weight is 663 g/mol. The molecule has 0 fully saturated rings. The Labute approximate surface area is 299 Å². The Kier molecular flexibility index (Phi) is 6.22. The van der Waals surface area contributed by atoms with E-state index in [0.717, 1.165) is 44.4 Å². The zero-order valence-electron chi connectivity index (χ0n) is 28.1. The largest absolute Gasteiger partial charge is 0.309 e. The molecule has 0 saturated heterocycles. The second-order valence-corrected chi connectivity index (χ2v) is 13.4. The number of para-hydroxylation sites is 3. The van der Waals surface area contributed by atoms with E-state index in [2.05, 4.69) is 191 Å². The number of aromatic nitrogens is 4. The second-order valence-electron chi connectivity index (χ2n) is 13.4. The lowest BCUT2D eigenvalue weighted by molar-refractivity contribution is 1.02. The molecule has 0 aliphatic rings. The molecule has 4 nitrogen and oxygen atoms in total. The van der Waals surface area contributed by atoms with E-state index in [-0.39, 0.29) is 0 Å². The van der Waals surface area contributed by atoms with Crippen molar-refractivity contribution in [1.29, 1.82) is 0 Å². The molecule has 0 radical (unpaired) electrons. The van der Waals surface area contributed by atoms with Gasteiger partial charge in [0.15, 0.2) is 0 Å². The van der Waals surface area contributed by atoms with Gasteiger partial charge in [-0.15, -0.1) is 0 Å². The van der Waals surface area contributed by atoms with Crippen LogP contribution in [0.25, 0.3) is 99.3 Å². The van der Waals surface area contributed by atoms with E-state index in [0.29, 0.717) is 5.95 Å². The number of nitrogens with zero attached hydrogens (tertiary/aromatic N) is 4. The van der Waals surface area contributed by atoms with Gasteiger partial charge in [0.2, 0.25) is 5.95 Å². The van der Waals surface area contributed by atoms with Gasteiger partial charge in [-0.1, -0.05) is 146 Å². The van der Waals surface area contributed by atoms with E-state index in [4.69, 9.17) is 9.97 Å². The lowest BCUT2D eigenvalue weighted by Gasteiger charge is -2.13. The molecule has 3 heterocycles. The first-order chi connectivity index (χ1) is 25.8. The van der Waals surface area contributed by atoms with Crippen LogP contribution in [0.1, 0.15) is 0 Å². The zero-order valence-corrected chi connectivity index (χ0v) is 28.1. The molecule has 52 heavy (non-hydrogen) atoms. The summed E-state index contributed by atoms with van der Waals surface area (Å²) in [5.74, 6) is 0.652. The normalized spacial score (nSPS) is 11.8. The summed E-state index contributed by atoms with van der Waals surface area (Å²) in [6.07, 6.45) is 0. The minimum absolute atomic E-state index is 0.652. The molecule has 0 atom stereocenters. The number of benzene rings is 8. The van der Waals surface area contributed by atoms with Crippen molar-refractivity contribution >= 4 is 65.3 Å². The smallest absolute Gasteiger partial charge is 0.235 e. The van der Waals surface area contributed by atoms with Gasteiger partial charge in [-0.3, -0.25) is 4.57 Å². The SMILES string of the molecule is c1ccc(-c2ccc(-c3nc(-n4c5cc6c(cc5c5ccc7ccccc7c54)c4ccccc4n6-c4ccccc4)nc4ccccc34)cc2)cc1. The van der Waals surface area contributed by atoms with Crippen molar-refractivity contribution in [3.63, 3.8) is 0 Å². The van der Waals surface area contributed by atoms with Crippen molar-refractivity contribution < 1.29 is 0 Å². The van der Waals surface area contributed by atoms with Crippen LogP contribution in [0.3, 0.4) is 0 Å². The minimum atomic E-state index is 0.652. The molecule has 8 aromatic carbocycles. The van der Waals surface area contributed by atoms with Gasteiger partial charge >= 0.3 is 0 Å². The molecule has 242 valence electrons. The van der Waals surface area contributed by atoms with Crippen molar-refractivity contribution in [2.45, 2.75) is 0 Å². The quantitative estimate of drug-likeness (QED) is 0.188. The summed E-state index contributed by atoms with van der Waals surface area (Å²) < 4.78 is 4.68. The van der Waals surface area contributed by atoms with Crippen LogP contribution >= 0.6 is 0 Å². The van der Waals surface area contributed by atoms with Crippen LogP contribution in [0, 0.1) is 0 Å². The molecule has 11 rings (SSSR count). The molecule has 0 aliphatic carbocycles. The summed E-state index contributed by atoms with van der Waals surface area (Å²) in [7, 11) is 0. The Hall–Kier alpha value is -7.04. The molecule has 3 aromatic heterocycles. The van der Waals surface area contributed by atoms with Crippen LogP contribution < -0.4 is 0 Å². The fourth-order valence-electron chi connectivity index (χ4n) is 8.14. The molecule has 0 aliphatic heterocycles. The van der Waals surface area contributed by atoms with Crippen molar-refractivity contribution in [3.8, 4) is 34.0 Å². The van der Waals surface area contributed by atoms with Crippen LogP contribution in [0.2, 0.25) is 0 Å². The van der Waals surface area contributed by atoms with Crippen molar-refractivity contribution in [2.75, 3.05) is 0 Å². The van der Waals surface area contributed by atoms with Gasteiger partial charge in [0.05, 0.1) is 33.3 Å². The first-order valence-electron chi connectivity index (χ1n) is 17.7. The van der Waals surface area contributed by atoms with Gasteiger partial charge in [0, 0.05) is 43.6 Å². The van der Waals surface area contributed by atoms with E-state index in [9.17, 15) is 0 Å². The Morgan fingerprint density at radius 2 is 0.962 bits per heavy atom. The van der Waals surface area contributed by atoms with E-state index in [1.807, 2.05) is 0 Å². The monoisotopic (exact) mass is 662 g/mol. The van der Waals surface area contributed by atoms with Crippen LogP contribution in [0.4, 0.5) is 0 Å². The van der Waals surface area contributed by atoms with Crippen LogP contribution in [-0.4, -0.2) is 19.1 Å². The van der Waals surface area contributed by atoms with Crippen LogP contribution in [0.5, 0.6) is 0 Å². The zero-order chi connectivity index (χ0) is 34.2. The summed E-state index contributed by atoms with van der Waals surface area (Å²) in [5.41, 5.74) is 10.9. The van der Waals surface area contributed by atoms with E-state index in [1.54, 1.807) is 0 Å². The Morgan fingerprint density at radius 1 is 0.346 bits per heavy atom. The highest BCUT2D eigenvalue weighted by Gasteiger charge is 2.22. The number of fused-ring (bicyclic) bond motifs is 9. The topological polar surface area (TPSA) is 35.6 Å². The second kappa shape index (κ2) is 11.2. The van der Waals surface area contributed by atoms with Crippen molar-refractivity contribution in [2.24, 2.45) is 0 Å². The number of hydrogen-bond acceptors (Lipinski definition) is 2. The molecule has 11 aromatic rings. The fraction of sp³-hybridized carbons (Fsp3) is 0. The summed E-state index contributed by atoms with van der Waals surface area (Å²) in [4.78, 5) is 10.8. The maximum Gasteiger partial charge on any atom is 0.235 e. The van der Waals surface area contributed by atoms with Gasteiger partial charge in [-0.25, -0.2) is 9.97 Å². The highest BCUT2D eigenvalue weighted by molar-refractivity contribution is 6.23. The van der Waals surface area contributed by atoms with Gasteiger partial charge < -0.3 is 4.57 Å². The highest BCUT2D eigenvalue weighted by atomic mass is 15.2. The van der Waals surface area contributed by atoms with Crippen molar-refractivity contribution in [1.82, 2.24) is 19.1 Å². The Balaban J connectivity index is 1.25. The minimum Gasteiger partial charge on any atom is -0.309 e. The lowest BCUT2D eigenvalue weighted by atomic mass is 10.0. The molecule has 4 heteroatoms. The third-order valence-corrected chi connectivity index (χ3v) is 10.5. The van der Waals surface area contributed by atoms with Gasteiger partial charge in [-0.2, -0.15) is 0 Å². The Morgan fingerprint density at radius 3 is 1.79 bits per heavy atom. The third kappa shape index (κ3) is 4.28. The van der Waals surface area contributed by atoms with Crippen LogP contribution in [0.15, 0.2) is 182 Å². The fourth-order valence-corrected chi connectivity index (χ4v) is 8.14. The molecular formula is C48H30N4. The molecule has 0 amide bonds. The maximum atomic E-state index is 5.47. The summed E-state index contributed by atoms with van der Waals surface area (Å²) >= 11 is 0. The third-order valence-electron chi connectivity index (χ3n) is 10.5. The molecule has 0 N–H and O–H groups in total. The number of rotatable bonds is 4. The van der Waals surface area contributed by atoms with E-state index >= 15 is 0 Å². The molecule has 0 spiro atoms. The summed E-state index contributed by atoms with van der Waals surface area (Å²) in [5, 5.41) is 8.18. The Bertz CT molecular complexity index is 3160. The van der Waals surface area contributed by atoms with Crippen LogP contribution in [-0.2, 0) is 0 Å². The molecule has 0 bridgehead atoms. The van der Waals surface area contributed by atoms with Gasteiger partial charge in [-0.05, 0) is 52.9 Å². The summed E-state index contributed by atoms with van der Waals surface area (Å²) in [6, 6.07) is 64.8. The predicted molar refractivity (Wildman–Crippen MR) is 217 cm³/mol. The first-order valence-corrected chi connectivity index (χ1v) is 17.7. The molecule has 0 unspecified atom stereocenters. The first kappa shape index (κ1) is 28.8. The standard InChI is InChI=1S/C48H30N4/c1-3-13-31(14-4-1)32-23-25-34(26-24-32)46-39-20-9-11-21-42(39)49-48(50-46)52-45-30-44-40(29-41(45)38-28-27-33-15-7-8-18-36(33)47(38)52)37-19-10-12-22-43(37)51(44)35-16-5-2-6-17-35/h1-30H. The maximum absolute atomic E-state index is 5.47. The van der Waals surface area contributed by atoms with Gasteiger partial charge in [0.1, 0.15) is 0 Å². The highest BCUT2D eigenvalue weighted by Crippen LogP contribution is 2.42. The molecule has 0 saturated carbocycles. The van der Waals surface area contributed by atoms with E-state index in [1.165, 1.54) is 49.0 Å². The van der Waals surface area contributed by atoms with Gasteiger partial charge in [0.25, 0.3) is 0 Å². The average Bonchev–Trinajstić information content (AvgIpc) is 3.72. The van der Waals surface area contributed by atoms with Crippen molar-refractivity contribution in [3.05, 3.63) is 182 Å². The molecular weight excluding hydrogens is 633 g/mol. The lowest BCUT2D eigenvalue weighted by Crippen LogP contribution is -2.04. The predicted octanol–water partition coefficient (Wildman–Crippen LogP) is 12.3. The summed E-state index contributed by atoms with van der Waals surface area (Å²) in [6.45, 7) is 0.